The third kappa shape index (κ3) is 3.38. The molecule has 0 saturated heterocycles. The first kappa shape index (κ1) is 22.1. The molecule has 1 unspecified atom stereocenters. The number of hydrogen-bond donors (Lipinski definition) is 0. The molecule has 1 aliphatic rings. The summed E-state index contributed by atoms with van der Waals surface area (Å²) in [5.74, 6) is 0.650. The van der Waals surface area contributed by atoms with E-state index in [0.29, 0.717) is 18.1 Å². The number of fused-ring (bicyclic) bond motifs is 3. The van der Waals surface area contributed by atoms with Gasteiger partial charge < -0.3 is 9.47 Å². The summed E-state index contributed by atoms with van der Waals surface area (Å²) >= 11 is 0. The largest absolute Gasteiger partial charge is 0.493 e. The highest BCUT2D eigenvalue weighted by molar-refractivity contribution is 5.99. The van der Waals surface area contributed by atoms with Crippen LogP contribution in [0.1, 0.15) is 18.6 Å². The van der Waals surface area contributed by atoms with Gasteiger partial charge in [-0.15, -0.1) is 0 Å². The van der Waals surface area contributed by atoms with Crippen LogP contribution in [0, 0.1) is 0 Å². The molecule has 0 spiro atoms. The zero-order chi connectivity index (χ0) is 24.6. The number of methoxy groups -OCH3 is 1. The second-order valence-corrected chi connectivity index (χ2v) is 8.48. The van der Waals surface area contributed by atoms with Gasteiger partial charge in [-0.05, 0) is 48.4 Å². The highest BCUT2D eigenvalue weighted by Gasteiger charge is 2.38. The summed E-state index contributed by atoms with van der Waals surface area (Å²) in [6.45, 7) is 2.29. The average Bonchev–Trinajstić information content (AvgIpc) is 2.93. The highest BCUT2D eigenvalue weighted by atomic mass is 16.5. The van der Waals surface area contributed by atoms with E-state index in [9.17, 15) is 5.11 Å². The summed E-state index contributed by atoms with van der Waals surface area (Å²) in [7, 11) is 1.53. The zero-order valence-corrected chi connectivity index (χ0v) is 20.0. The molecule has 0 amide bonds. The topological polar surface area (TPSA) is 67.4 Å². The van der Waals surface area contributed by atoms with Crippen molar-refractivity contribution in [3.8, 4) is 11.1 Å². The third-order valence-electron chi connectivity index (χ3n) is 6.55. The van der Waals surface area contributed by atoms with Crippen molar-refractivity contribution < 1.29 is 14.6 Å². The van der Waals surface area contributed by atoms with Crippen LogP contribution in [0.4, 0.5) is 11.4 Å². The van der Waals surface area contributed by atoms with Crippen molar-refractivity contribution >= 4 is 33.2 Å². The molecule has 6 nitrogen and oxygen atoms in total. The Labute approximate surface area is 209 Å². The molecule has 0 saturated carbocycles. The number of ether oxygens (including phenoxy) is 2. The maximum Gasteiger partial charge on any atom is 0.241 e. The van der Waals surface area contributed by atoms with Gasteiger partial charge in [-0.25, -0.2) is 5.11 Å². The maximum absolute atomic E-state index is 14.1. The molecule has 6 rings (SSSR count). The average molecular weight is 475 g/mol. The normalized spacial score (nSPS) is 15.3. The number of benzene rings is 3. The summed E-state index contributed by atoms with van der Waals surface area (Å²) in [4.78, 5) is 11.0. The molecule has 2 aromatic heterocycles. The smallest absolute Gasteiger partial charge is 0.241 e. The first-order valence-electron chi connectivity index (χ1n) is 11.9. The molecule has 1 radical (unpaired) electrons. The van der Waals surface area contributed by atoms with Gasteiger partial charge >= 0.3 is 0 Å². The van der Waals surface area contributed by atoms with Crippen molar-refractivity contribution in [3.05, 3.63) is 108 Å². The summed E-state index contributed by atoms with van der Waals surface area (Å²) in [6.07, 6.45) is 2.29. The molecule has 177 valence electrons. The maximum atomic E-state index is 14.1. The number of para-hydroxylation sites is 2. The van der Waals surface area contributed by atoms with Crippen LogP contribution in [0.3, 0.4) is 0 Å². The van der Waals surface area contributed by atoms with Gasteiger partial charge in [0, 0.05) is 28.7 Å². The van der Waals surface area contributed by atoms with E-state index in [4.69, 9.17) is 9.47 Å². The van der Waals surface area contributed by atoms with E-state index in [0.717, 1.165) is 44.3 Å². The van der Waals surface area contributed by atoms with Gasteiger partial charge in [0.2, 0.25) is 5.88 Å². The zero-order valence-electron chi connectivity index (χ0n) is 20.0. The molecule has 0 bridgehead atoms. The van der Waals surface area contributed by atoms with Gasteiger partial charge in [-0.3, -0.25) is 14.9 Å². The van der Waals surface area contributed by atoms with Crippen molar-refractivity contribution in [2.75, 3.05) is 18.6 Å². The molecule has 3 aromatic carbocycles. The number of hydrogen-bond acceptors (Lipinski definition) is 5. The Hall–Kier alpha value is -4.42. The van der Waals surface area contributed by atoms with Crippen LogP contribution in [0.15, 0.2) is 103 Å². The molecule has 0 fully saturated rings. The number of aromatic nitrogens is 2. The minimum Gasteiger partial charge on any atom is -0.493 e. The van der Waals surface area contributed by atoms with Crippen LogP contribution in [0.2, 0.25) is 0 Å². The molecular formula is C30H24N3O3. The Morgan fingerprint density at radius 1 is 0.778 bits per heavy atom. The summed E-state index contributed by atoms with van der Waals surface area (Å²) in [5.41, 5.74) is 5.78. The number of rotatable bonds is 5. The van der Waals surface area contributed by atoms with Gasteiger partial charge in [0.15, 0.2) is 11.9 Å². The number of pyridine rings is 2. The fourth-order valence-electron chi connectivity index (χ4n) is 5.03. The van der Waals surface area contributed by atoms with Crippen molar-refractivity contribution in [3.63, 3.8) is 0 Å². The molecule has 0 N–H and O–H groups in total. The predicted molar refractivity (Wildman–Crippen MR) is 140 cm³/mol. The van der Waals surface area contributed by atoms with Crippen LogP contribution >= 0.6 is 0 Å². The molecule has 6 heteroatoms. The van der Waals surface area contributed by atoms with Gasteiger partial charge in [0.05, 0.1) is 36.1 Å². The Balaban J connectivity index is 1.68. The van der Waals surface area contributed by atoms with Crippen LogP contribution in [-0.4, -0.2) is 23.7 Å². The van der Waals surface area contributed by atoms with Crippen LogP contribution < -0.4 is 4.90 Å². The van der Waals surface area contributed by atoms with Crippen molar-refractivity contribution in [1.82, 2.24) is 9.97 Å². The molecule has 1 aliphatic heterocycles. The lowest BCUT2D eigenvalue weighted by Gasteiger charge is -2.36. The molecule has 3 heterocycles. The summed E-state index contributed by atoms with van der Waals surface area (Å²) in [6, 6.07) is 25.8. The minimum absolute atomic E-state index is 0.246. The lowest BCUT2D eigenvalue weighted by Crippen LogP contribution is -2.29. The number of anilines is 2. The van der Waals surface area contributed by atoms with E-state index in [1.165, 1.54) is 7.11 Å². The molecular weight excluding hydrogens is 450 g/mol. The molecule has 5 aromatic rings. The van der Waals surface area contributed by atoms with Crippen LogP contribution in [-0.2, 0) is 14.6 Å². The monoisotopic (exact) mass is 474 g/mol. The Kier molecular flexibility index (Phi) is 5.51. The Morgan fingerprint density at radius 2 is 1.47 bits per heavy atom. The standard InChI is InChI=1S/C30H24N3O3/c1-3-36-30-29(35-2)28(34)27-21(19-15-17-31-23-12-6-4-9-20(19)23)11-8-14-26(27)33(30)25-16-18-32-24-13-7-5-10-22(24)25/h4-18,28H,3H2,1-2H3. The minimum atomic E-state index is -1.26. The van der Waals surface area contributed by atoms with Gasteiger partial charge in [-0.1, -0.05) is 48.5 Å². The number of nitrogens with zero attached hydrogens (tertiary/aromatic N) is 3. The fraction of sp³-hybridized carbons (Fsp3) is 0.133. The summed E-state index contributed by atoms with van der Waals surface area (Å²) in [5, 5.41) is 16.0. The second kappa shape index (κ2) is 8.98. The van der Waals surface area contributed by atoms with Gasteiger partial charge in [-0.2, -0.15) is 0 Å². The van der Waals surface area contributed by atoms with E-state index in [1.807, 2.05) is 90.7 Å². The molecule has 0 aliphatic carbocycles. The van der Waals surface area contributed by atoms with Crippen molar-refractivity contribution in [2.45, 2.75) is 13.0 Å². The highest BCUT2D eigenvalue weighted by Crippen LogP contribution is 2.50. The summed E-state index contributed by atoms with van der Waals surface area (Å²) < 4.78 is 11.8. The SMILES string of the molecule is CCOC1=C(OC)C([O])c2c(-c3ccnc4ccccc34)cccc2N1c1ccnc2ccccc12. The van der Waals surface area contributed by atoms with Crippen LogP contribution in [0.5, 0.6) is 0 Å². The quantitative estimate of drug-likeness (QED) is 0.276. The first-order chi connectivity index (χ1) is 17.7. The Bertz CT molecular complexity index is 1620. The van der Waals surface area contributed by atoms with E-state index >= 15 is 0 Å². The van der Waals surface area contributed by atoms with E-state index in [-0.39, 0.29) is 5.76 Å². The molecule has 36 heavy (non-hydrogen) atoms. The van der Waals surface area contributed by atoms with E-state index in [2.05, 4.69) is 9.97 Å². The lowest BCUT2D eigenvalue weighted by molar-refractivity contribution is 0.0476. The predicted octanol–water partition coefficient (Wildman–Crippen LogP) is 6.93. The lowest BCUT2D eigenvalue weighted by atomic mass is 9.89. The van der Waals surface area contributed by atoms with E-state index < -0.39 is 6.10 Å². The van der Waals surface area contributed by atoms with Crippen LogP contribution in [0.25, 0.3) is 32.9 Å². The van der Waals surface area contributed by atoms with Crippen molar-refractivity contribution in [2.24, 2.45) is 0 Å². The molecule has 1 atom stereocenters. The van der Waals surface area contributed by atoms with Crippen molar-refractivity contribution in [1.29, 1.82) is 0 Å². The third-order valence-corrected chi connectivity index (χ3v) is 6.55. The van der Waals surface area contributed by atoms with E-state index in [1.54, 1.807) is 12.4 Å². The first-order valence-corrected chi connectivity index (χ1v) is 11.9. The van der Waals surface area contributed by atoms with Gasteiger partial charge in [0.25, 0.3) is 0 Å². The second-order valence-electron chi connectivity index (χ2n) is 8.48. The Morgan fingerprint density at radius 3 is 2.22 bits per heavy atom. The van der Waals surface area contributed by atoms with Gasteiger partial charge in [0.1, 0.15) is 0 Å². The fourth-order valence-corrected chi connectivity index (χ4v) is 5.03.